The van der Waals surface area contributed by atoms with Gasteiger partial charge in [0.25, 0.3) is 11.8 Å². The van der Waals surface area contributed by atoms with Gasteiger partial charge in [-0.15, -0.1) is 0 Å². The molecule has 47 heavy (non-hydrogen) atoms. The minimum Gasteiger partial charge on any atom is -0.347 e. The lowest BCUT2D eigenvalue weighted by Gasteiger charge is -2.38. The normalized spacial score (nSPS) is 22.8. The summed E-state index contributed by atoms with van der Waals surface area (Å²) in [5, 5.41) is 11.2. The van der Waals surface area contributed by atoms with E-state index in [1.54, 1.807) is 4.90 Å². The number of aromatic nitrogens is 2. The second-order valence-corrected chi connectivity index (χ2v) is 15.4. The van der Waals surface area contributed by atoms with Gasteiger partial charge >= 0.3 is 0 Å². The van der Waals surface area contributed by atoms with Gasteiger partial charge in [0.05, 0.1) is 12.2 Å². The van der Waals surface area contributed by atoms with Crippen LogP contribution in [0.15, 0.2) is 18.6 Å². The summed E-state index contributed by atoms with van der Waals surface area (Å²) in [5.41, 5.74) is -1.43. The quantitative estimate of drug-likeness (QED) is 0.247. The summed E-state index contributed by atoms with van der Waals surface area (Å²) in [7, 11) is 0. The van der Waals surface area contributed by atoms with Gasteiger partial charge in [0.2, 0.25) is 23.5 Å². The molecule has 6 atom stereocenters. The Morgan fingerprint density at radius 1 is 0.894 bits per heavy atom. The second kappa shape index (κ2) is 14.5. The summed E-state index contributed by atoms with van der Waals surface area (Å²) in [6.07, 6.45) is 9.24. The average molecular weight is 654 g/mol. The molecule has 3 aliphatic rings. The van der Waals surface area contributed by atoms with Crippen molar-refractivity contribution in [1.82, 2.24) is 36.1 Å². The van der Waals surface area contributed by atoms with E-state index in [1.807, 2.05) is 48.5 Å². The number of amides is 5. The van der Waals surface area contributed by atoms with Crippen LogP contribution in [0.5, 0.6) is 0 Å². The van der Waals surface area contributed by atoms with Crippen LogP contribution in [0.25, 0.3) is 0 Å². The summed E-state index contributed by atoms with van der Waals surface area (Å²) >= 11 is 0. The number of ketones is 1. The summed E-state index contributed by atoms with van der Waals surface area (Å²) in [5.74, 6) is -3.34. The molecule has 4 N–H and O–H groups in total. The van der Waals surface area contributed by atoms with Gasteiger partial charge in [-0.25, -0.2) is 4.98 Å². The molecule has 13 heteroatoms. The molecule has 13 nitrogen and oxygen atoms in total. The Balaban J connectivity index is 1.55. The molecule has 2 unspecified atom stereocenters. The standard InChI is InChI=1S/C34H51N7O6/c1-8-10-22(25(42)30(45)37-20-13-14-20)38-29(44)24-21-12-9-11-19(21)18-41(24)32(47)27(34(5,6)7)40-31(46)26(33(2,3)4)39-28(43)23-17-35-15-16-36-23/h15-17,19-22,24,26-27H,8-14,18H2,1-7H3,(H,37,45)(H,38,44)(H,39,43)(H,40,46)/t19-,21-,22?,24?,26+,27+/m0/s1. The lowest BCUT2D eigenvalue weighted by molar-refractivity contribution is -0.146. The minimum absolute atomic E-state index is 0.00868. The molecule has 1 saturated heterocycles. The molecule has 4 rings (SSSR count). The topological polar surface area (TPSA) is 180 Å². The van der Waals surface area contributed by atoms with Crippen molar-refractivity contribution >= 4 is 35.3 Å². The first-order valence-electron chi connectivity index (χ1n) is 16.9. The number of carbonyl (C=O) groups is 6. The fraction of sp³-hybridized carbons (Fsp3) is 0.706. The van der Waals surface area contributed by atoms with Gasteiger partial charge in [-0.1, -0.05) is 61.3 Å². The van der Waals surface area contributed by atoms with E-state index >= 15 is 0 Å². The zero-order chi connectivity index (χ0) is 34.7. The molecule has 0 spiro atoms. The maximum atomic E-state index is 14.5. The fourth-order valence-corrected chi connectivity index (χ4v) is 6.66. The lowest BCUT2D eigenvalue weighted by atomic mass is 9.82. The molecule has 1 aliphatic heterocycles. The van der Waals surface area contributed by atoms with E-state index in [1.165, 1.54) is 18.6 Å². The third-order valence-corrected chi connectivity index (χ3v) is 9.39. The Morgan fingerprint density at radius 3 is 2.15 bits per heavy atom. The van der Waals surface area contributed by atoms with Crippen LogP contribution in [-0.2, 0) is 24.0 Å². The molecule has 0 radical (unpaired) electrons. The number of carbonyl (C=O) groups excluding carboxylic acids is 6. The first-order valence-corrected chi connectivity index (χ1v) is 16.9. The van der Waals surface area contributed by atoms with E-state index in [-0.39, 0.29) is 23.6 Å². The van der Waals surface area contributed by atoms with E-state index in [2.05, 4.69) is 31.2 Å². The zero-order valence-corrected chi connectivity index (χ0v) is 28.7. The predicted octanol–water partition coefficient (Wildman–Crippen LogP) is 1.91. The van der Waals surface area contributed by atoms with E-state index in [0.29, 0.717) is 19.4 Å². The van der Waals surface area contributed by atoms with Gasteiger partial charge in [-0.3, -0.25) is 33.8 Å². The number of fused-ring (bicyclic) bond motifs is 1. The van der Waals surface area contributed by atoms with Crippen molar-refractivity contribution in [2.45, 2.75) is 124 Å². The van der Waals surface area contributed by atoms with Gasteiger partial charge in [0.15, 0.2) is 0 Å². The van der Waals surface area contributed by atoms with Crippen molar-refractivity contribution in [3.63, 3.8) is 0 Å². The third-order valence-electron chi connectivity index (χ3n) is 9.39. The van der Waals surface area contributed by atoms with Crippen molar-refractivity contribution in [2.75, 3.05) is 6.54 Å². The smallest absolute Gasteiger partial charge is 0.289 e. The predicted molar refractivity (Wildman–Crippen MR) is 173 cm³/mol. The molecule has 1 aromatic heterocycles. The molecular weight excluding hydrogens is 602 g/mol. The Labute approximate surface area is 277 Å². The maximum absolute atomic E-state index is 14.5. The molecule has 2 saturated carbocycles. The number of rotatable bonds is 12. The van der Waals surface area contributed by atoms with Crippen molar-refractivity contribution in [3.05, 3.63) is 24.3 Å². The Morgan fingerprint density at radius 2 is 1.57 bits per heavy atom. The van der Waals surface area contributed by atoms with Gasteiger partial charge in [-0.05, 0) is 54.8 Å². The number of Topliss-reactive ketones (excluding diaryl/α,β-unsaturated/α-hetero) is 1. The third kappa shape index (κ3) is 8.72. The van der Waals surface area contributed by atoms with Gasteiger partial charge in [-0.2, -0.15) is 0 Å². The number of hydrogen-bond donors (Lipinski definition) is 4. The largest absolute Gasteiger partial charge is 0.347 e. The van der Waals surface area contributed by atoms with Crippen molar-refractivity contribution in [1.29, 1.82) is 0 Å². The van der Waals surface area contributed by atoms with Crippen LogP contribution in [0.3, 0.4) is 0 Å². The highest BCUT2D eigenvalue weighted by molar-refractivity contribution is 6.38. The maximum Gasteiger partial charge on any atom is 0.289 e. The highest BCUT2D eigenvalue weighted by atomic mass is 16.2. The van der Waals surface area contributed by atoms with Crippen molar-refractivity contribution in [3.8, 4) is 0 Å². The first kappa shape index (κ1) is 35.9. The van der Waals surface area contributed by atoms with Crippen molar-refractivity contribution < 1.29 is 28.8 Å². The molecule has 1 aromatic rings. The fourth-order valence-electron chi connectivity index (χ4n) is 6.66. The van der Waals surface area contributed by atoms with E-state index < -0.39 is 70.3 Å². The number of nitrogens with one attached hydrogen (secondary N) is 4. The minimum atomic E-state index is -1.03. The summed E-state index contributed by atoms with van der Waals surface area (Å²) in [6, 6.07) is -3.87. The molecule has 5 amide bonds. The van der Waals surface area contributed by atoms with Crippen molar-refractivity contribution in [2.24, 2.45) is 22.7 Å². The Kier molecular flexibility index (Phi) is 11.1. The van der Waals surface area contributed by atoms with Crippen LogP contribution in [-0.4, -0.2) is 86.9 Å². The van der Waals surface area contributed by atoms with Crippen LogP contribution in [0.2, 0.25) is 0 Å². The molecule has 3 fully saturated rings. The lowest BCUT2D eigenvalue weighted by Crippen LogP contribution is -2.63. The molecule has 0 bridgehead atoms. The van der Waals surface area contributed by atoms with Gasteiger partial charge in [0, 0.05) is 25.0 Å². The first-order chi connectivity index (χ1) is 22.0. The highest BCUT2D eigenvalue weighted by Gasteiger charge is 2.52. The molecule has 2 heterocycles. The van der Waals surface area contributed by atoms with E-state index in [9.17, 15) is 28.8 Å². The monoisotopic (exact) mass is 653 g/mol. The summed E-state index contributed by atoms with van der Waals surface area (Å²) in [4.78, 5) is 90.5. The van der Waals surface area contributed by atoms with Crippen LogP contribution >= 0.6 is 0 Å². The molecule has 0 aromatic carbocycles. The van der Waals surface area contributed by atoms with Crippen LogP contribution in [0.4, 0.5) is 0 Å². The van der Waals surface area contributed by atoms with Crippen LogP contribution in [0.1, 0.15) is 104 Å². The van der Waals surface area contributed by atoms with Gasteiger partial charge in [0.1, 0.15) is 23.8 Å². The zero-order valence-electron chi connectivity index (χ0n) is 28.7. The second-order valence-electron chi connectivity index (χ2n) is 15.4. The highest BCUT2D eigenvalue weighted by Crippen LogP contribution is 2.43. The van der Waals surface area contributed by atoms with E-state index in [0.717, 1.165) is 32.1 Å². The van der Waals surface area contributed by atoms with E-state index in [4.69, 9.17) is 0 Å². The molecule has 258 valence electrons. The summed E-state index contributed by atoms with van der Waals surface area (Å²) in [6.45, 7) is 13.2. The Hall–Kier alpha value is -3.90. The summed E-state index contributed by atoms with van der Waals surface area (Å²) < 4.78 is 0. The van der Waals surface area contributed by atoms with Crippen LogP contribution in [0, 0.1) is 22.7 Å². The number of hydrogen-bond acceptors (Lipinski definition) is 8. The molecule has 2 aliphatic carbocycles. The van der Waals surface area contributed by atoms with Crippen LogP contribution < -0.4 is 21.3 Å². The average Bonchev–Trinajstić information content (AvgIpc) is 3.57. The SMILES string of the molecule is CCCC(NC(=O)C1[C@H]2CCC[C@H]2CN1C(=O)[C@@H](NC(=O)[C@@H](NC(=O)c1cnccn1)C(C)(C)C)C(C)(C)C)C(=O)C(=O)NC1CC1. The number of likely N-dealkylation sites (tertiary alicyclic amines) is 1. The van der Waals surface area contributed by atoms with Gasteiger partial charge < -0.3 is 26.2 Å². The number of nitrogens with zero attached hydrogens (tertiary/aromatic N) is 3. The Bertz CT molecular complexity index is 1350. The molecular formula is C34H51N7O6.